The summed E-state index contributed by atoms with van der Waals surface area (Å²) in [4.78, 5) is 1.23. The zero-order valence-electron chi connectivity index (χ0n) is 7.11. The highest BCUT2D eigenvalue weighted by Gasteiger charge is 2.02. The molecule has 72 valence electrons. The van der Waals surface area contributed by atoms with Crippen LogP contribution in [-0.2, 0) is 0 Å². The number of hydrogen-bond acceptors (Lipinski definition) is 1. The fourth-order valence-electron chi connectivity index (χ4n) is 0.871. The number of alkyl halides is 1. The van der Waals surface area contributed by atoms with Crippen molar-refractivity contribution in [1.82, 2.24) is 0 Å². The van der Waals surface area contributed by atoms with Crippen molar-refractivity contribution in [3.8, 4) is 0 Å². The maximum absolute atomic E-state index is 5.78. The van der Waals surface area contributed by atoms with Crippen LogP contribution in [-0.4, -0.2) is 5.88 Å². The maximum atomic E-state index is 5.78. The Morgan fingerprint density at radius 1 is 1.62 bits per heavy atom. The third-order valence-corrected chi connectivity index (χ3v) is 5.18. The Kier molecular flexibility index (Phi) is 5.01. The fourth-order valence-corrected chi connectivity index (χ4v) is 3.22. The Morgan fingerprint density at radius 3 is 2.69 bits per heavy atom. The predicted octanol–water partition coefficient (Wildman–Crippen LogP) is 5.31. The maximum Gasteiger partial charge on any atom is 0.0846 e. The number of allylic oxidation sites excluding steroid dienone is 1. The molecule has 4 heteroatoms. The predicted molar refractivity (Wildman–Crippen MR) is 68.7 cm³/mol. The molecule has 0 atom stereocenters. The number of thiophene rings is 1. The van der Waals surface area contributed by atoms with E-state index in [0.29, 0.717) is 5.88 Å². The number of hydrogen-bond donors (Lipinski definition) is 0. The van der Waals surface area contributed by atoms with Gasteiger partial charge in [0.2, 0.25) is 0 Å². The van der Waals surface area contributed by atoms with E-state index in [2.05, 4.69) is 50.9 Å². The SMILES string of the molecule is CC/C(=C\c1cc(Br)c(Br)s1)CCl. The van der Waals surface area contributed by atoms with E-state index in [9.17, 15) is 0 Å². The van der Waals surface area contributed by atoms with Gasteiger partial charge in [0.15, 0.2) is 0 Å². The minimum absolute atomic E-state index is 0.615. The molecule has 0 aromatic carbocycles. The second-order valence-electron chi connectivity index (χ2n) is 2.56. The summed E-state index contributed by atoms with van der Waals surface area (Å²) >= 11 is 14.4. The molecule has 1 aromatic rings. The van der Waals surface area contributed by atoms with Crippen LogP contribution in [0.25, 0.3) is 6.08 Å². The molecular formula is C9H9Br2ClS. The van der Waals surface area contributed by atoms with Crippen molar-refractivity contribution >= 4 is 60.9 Å². The van der Waals surface area contributed by atoms with E-state index in [-0.39, 0.29) is 0 Å². The van der Waals surface area contributed by atoms with Crippen LogP contribution in [0.1, 0.15) is 18.2 Å². The quantitative estimate of drug-likeness (QED) is 0.652. The summed E-state index contributed by atoms with van der Waals surface area (Å²) in [5, 5.41) is 0. The van der Waals surface area contributed by atoms with Crippen molar-refractivity contribution in [3.63, 3.8) is 0 Å². The van der Waals surface area contributed by atoms with Crippen LogP contribution in [0.15, 0.2) is 19.9 Å². The van der Waals surface area contributed by atoms with Crippen molar-refractivity contribution in [3.05, 3.63) is 24.8 Å². The molecule has 0 spiro atoms. The van der Waals surface area contributed by atoms with Gasteiger partial charge in [0.1, 0.15) is 0 Å². The normalized spacial score (nSPS) is 12.2. The Balaban J connectivity index is 2.89. The molecule has 0 radical (unpaired) electrons. The lowest BCUT2D eigenvalue weighted by Crippen LogP contribution is -1.79. The van der Waals surface area contributed by atoms with Gasteiger partial charge in [0, 0.05) is 15.2 Å². The van der Waals surface area contributed by atoms with Gasteiger partial charge >= 0.3 is 0 Å². The molecule has 0 aliphatic rings. The summed E-state index contributed by atoms with van der Waals surface area (Å²) in [7, 11) is 0. The van der Waals surface area contributed by atoms with E-state index >= 15 is 0 Å². The first-order valence-electron chi connectivity index (χ1n) is 3.87. The summed E-state index contributed by atoms with van der Waals surface area (Å²) in [6, 6.07) is 2.09. The Bertz CT molecular complexity index is 292. The molecule has 0 amide bonds. The van der Waals surface area contributed by atoms with Gasteiger partial charge in [-0.05, 0) is 50.4 Å². The molecule has 0 unspecified atom stereocenters. The Hall–Kier alpha value is 0.690. The molecule has 1 heterocycles. The van der Waals surface area contributed by atoms with Gasteiger partial charge < -0.3 is 0 Å². The van der Waals surface area contributed by atoms with E-state index in [1.165, 1.54) is 10.5 Å². The largest absolute Gasteiger partial charge is 0.128 e. The molecule has 0 aliphatic heterocycles. The summed E-state index contributed by atoms with van der Waals surface area (Å²) in [5.41, 5.74) is 1.27. The molecule has 0 N–H and O–H groups in total. The lowest BCUT2D eigenvalue weighted by atomic mass is 10.2. The third kappa shape index (κ3) is 3.39. The zero-order valence-corrected chi connectivity index (χ0v) is 11.9. The van der Waals surface area contributed by atoms with E-state index in [1.807, 2.05) is 0 Å². The molecule has 0 nitrogen and oxygen atoms in total. The minimum Gasteiger partial charge on any atom is -0.128 e. The first-order valence-corrected chi connectivity index (χ1v) is 6.81. The first-order chi connectivity index (χ1) is 6.17. The van der Waals surface area contributed by atoms with Crippen LogP contribution in [0, 0.1) is 0 Å². The van der Waals surface area contributed by atoms with Crippen LogP contribution >= 0.6 is 54.8 Å². The van der Waals surface area contributed by atoms with Crippen molar-refractivity contribution in [1.29, 1.82) is 0 Å². The molecule has 13 heavy (non-hydrogen) atoms. The van der Waals surface area contributed by atoms with Gasteiger partial charge in [0.25, 0.3) is 0 Å². The second kappa shape index (κ2) is 5.54. The van der Waals surface area contributed by atoms with Crippen LogP contribution in [0.5, 0.6) is 0 Å². The summed E-state index contributed by atoms with van der Waals surface area (Å²) in [5.74, 6) is 0.615. The van der Waals surface area contributed by atoms with Gasteiger partial charge in [-0.3, -0.25) is 0 Å². The number of halogens is 3. The monoisotopic (exact) mass is 342 g/mol. The van der Waals surface area contributed by atoms with E-state index in [4.69, 9.17) is 11.6 Å². The van der Waals surface area contributed by atoms with Gasteiger partial charge in [-0.2, -0.15) is 0 Å². The van der Waals surface area contributed by atoms with Gasteiger partial charge in [-0.15, -0.1) is 22.9 Å². The third-order valence-electron chi connectivity index (χ3n) is 1.64. The molecule has 0 saturated carbocycles. The number of rotatable bonds is 3. The van der Waals surface area contributed by atoms with Crippen LogP contribution in [0.2, 0.25) is 0 Å². The van der Waals surface area contributed by atoms with Gasteiger partial charge in [-0.25, -0.2) is 0 Å². The average molecular weight is 344 g/mol. The molecular weight excluding hydrogens is 335 g/mol. The van der Waals surface area contributed by atoms with Crippen LogP contribution < -0.4 is 0 Å². The highest BCUT2D eigenvalue weighted by atomic mass is 79.9. The van der Waals surface area contributed by atoms with Crippen molar-refractivity contribution in [2.24, 2.45) is 0 Å². The van der Waals surface area contributed by atoms with Crippen LogP contribution in [0.3, 0.4) is 0 Å². The van der Waals surface area contributed by atoms with Crippen LogP contribution in [0.4, 0.5) is 0 Å². The molecule has 0 bridgehead atoms. The lowest BCUT2D eigenvalue weighted by molar-refractivity contribution is 1.12. The van der Waals surface area contributed by atoms with Crippen molar-refractivity contribution in [2.75, 3.05) is 5.88 Å². The minimum atomic E-state index is 0.615. The highest BCUT2D eigenvalue weighted by molar-refractivity contribution is 9.13. The topological polar surface area (TPSA) is 0 Å². The summed E-state index contributed by atoms with van der Waals surface area (Å²) in [6.07, 6.45) is 3.16. The zero-order chi connectivity index (χ0) is 9.84. The highest BCUT2D eigenvalue weighted by Crippen LogP contribution is 2.33. The molecule has 1 aromatic heterocycles. The lowest BCUT2D eigenvalue weighted by Gasteiger charge is -1.95. The molecule has 0 saturated heterocycles. The second-order valence-corrected chi connectivity index (χ2v) is 6.08. The first kappa shape index (κ1) is 11.8. The van der Waals surface area contributed by atoms with Crippen molar-refractivity contribution < 1.29 is 0 Å². The molecule has 0 fully saturated rings. The van der Waals surface area contributed by atoms with E-state index in [1.54, 1.807) is 11.3 Å². The smallest absolute Gasteiger partial charge is 0.0846 e. The van der Waals surface area contributed by atoms with Crippen molar-refractivity contribution in [2.45, 2.75) is 13.3 Å². The fraction of sp³-hybridized carbons (Fsp3) is 0.333. The van der Waals surface area contributed by atoms with E-state index in [0.717, 1.165) is 14.7 Å². The molecule has 1 rings (SSSR count). The van der Waals surface area contributed by atoms with Gasteiger partial charge in [-0.1, -0.05) is 12.5 Å². The molecule has 0 aliphatic carbocycles. The standard InChI is InChI=1S/C9H9Br2ClS/c1-2-6(5-12)3-7-4-8(10)9(11)13-7/h3-4H,2,5H2,1H3/b6-3+. The summed E-state index contributed by atoms with van der Waals surface area (Å²) < 4.78 is 2.23. The average Bonchev–Trinajstić information content (AvgIpc) is 2.42. The Labute approximate surface area is 104 Å². The van der Waals surface area contributed by atoms with E-state index < -0.39 is 0 Å². The van der Waals surface area contributed by atoms with Gasteiger partial charge in [0.05, 0.1) is 3.79 Å². The Morgan fingerprint density at radius 2 is 2.31 bits per heavy atom. The summed E-state index contributed by atoms with van der Waals surface area (Å²) in [6.45, 7) is 2.12.